The van der Waals surface area contributed by atoms with Crippen molar-refractivity contribution in [1.29, 1.82) is 0 Å². The van der Waals surface area contributed by atoms with Crippen LogP contribution in [-0.2, 0) is 20.8 Å². The second-order valence-electron chi connectivity index (χ2n) is 3.44. The molecule has 16 heavy (non-hydrogen) atoms. The van der Waals surface area contributed by atoms with Crippen molar-refractivity contribution in [2.24, 2.45) is 0 Å². The molecule has 0 saturated carbocycles. The van der Waals surface area contributed by atoms with Gasteiger partial charge in [-0.05, 0) is 24.1 Å². The number of rotatable bonds is 1. The molecular weight excluding hydrogens is 208 g/mol. The number of benzene rings is 1. The molecule has 0 radical (unpaired) electrons. The van der Waals surface area contributed by atoms with E-state index < -0.39 is 5.97 Å². The molecule has 1 aromatic rings. The van der Waals surface area contributed by atoms with Crippen LogP contribution in [-0.4, -0.2) is 17.2 Å². The van der Waals surface area contributed by atoms with Gasteiger partial charge in [-0.3, -0.25) is 0 Å². The maximum atomic E-state index is 10.7. The highest BCUT2D eigenvalue weighted by molar-refractivity contribution is 5.95. The molecule has 1 aliphatic carbocycles. The number of aryl methyl sites for hydroxylation is 1. The summed E-state index contributed by atoms with van der Waals surface area (Å²) in [5.74, 6) is -0.811. The number of aliphatic carboxylic acids is 1. The summed E-state index contributed by atoms with van der Waals surface area (Å²) in [6, 6.07) is 6.03. The molecule has 82 valence electrons. The Labute approximate surface area is 92.2 Å². The molecule has 0 unspecified atom stereocenters. The number of hydrogen-bond donors (Lipinski definition) is 1. The summed E-state index contributed by atoms with van der Waals surface area (Å²) >= 11 is 0. The van der Waals surface area contributed by atoms with Gasteiger partial charge in [0.25, 0.3) is 0 Å². The molecule has 0 fully saturated rings. The monoisotopic (exact) mass is 218 g/mol. The minimum Gasteiger partial charge on any atom is -0.478 e. The summed E-state index contributed by atoms with van der Waals surface area (Å²) < 4.78 is 0. The highest BCUT2D eigenvalue weighted by Gasteiger charge is 2.17. The average molecular weight is 218 g/mol. The third-order valence-electron chi connectivity index (χ3n) is 2.29. The van der Waals surface area contributed by atoms with Gasteiger partial charge in [0, 0.05) is 12.0 Å². The smallest absolute Gasteiger partial charge is 0.373 e. The van der Waals surface area contributed by atoms with Crippen LogP contribution in [0.5, 0.6) is 0 Å². The molecule has 0 amide bonds. The lowest BCUT2D eigenvalue weighted by molar-refractivity contribution is -0.191. The molecule has 2 rings (SSSR count). The summed E-state index contributed by atoms with van der Waals surface area (Å²) in [6.45, 7) is 2.01. The van der Waals surface area contributed by atoms with Gasteiger partial charge in [-0.2, -0.15) is 9.59 Å². The van der Waals surface area contributed by atoms with Crippen LogP contribution in [0.1, 0.15) is 16.7 Å². The van der Waals surface area contributed by atoms with Crippen LogP contribution < -0.4 is 0 Å². The zero-order valence-corrected chi connectivity index (χ0v) is 8.69. The molecule has 1 aromatic carbocycles. The van der Waals surface area contributed by atoms with Gasteiger partial charge in [-0.15, -0.1) is 0 Å². The molecular formula is C12H10O4. The van der Waals surface area contributed by atoms with Crippen LogP contribution in [0.25, 0.3) is 6.08 Å². The lowest BCUT2D eigenvalue weighted by atomic mass is 10.1. The Morgan fingerprint density at radius 1 is 1.38 bits per heavy atom. The molecule has 1 N–H and O–H groups in total. The van der Waals surface area contributed by atoms with Crippen molar-refractivity contribution >= 4 is 18.2 Å². The van der Waals surface area contributed by atoms with Crippen LogP contribution in [0.4, 0.5) is 0 Å². The topological polar surface area (TPSA) is 71.4 Å². The second-order valence-corrected chi connectivity index (χ2v) is 3.44. The number of carbonyl (C=O) groups excluding carboxylic acids is 2. The van der Waals surface area contributed by atoms with E-state index in [9.17, 15) is 4.79 Å². The maximum Gasteiger partial charge on any atom is 0.373 e. The van der Waals surface area contributed by atoms with E-state index in [1.165, 1.54) is 5.56 Å². The Kier molecular flexibility index (Phi) is 3.75. The Hall–Kier alpha value is -2.19. The van der Waals surface area contributed by atoms with Gasteiger partial charge in [0.15, 0.2) is 0 Å². The Morgan fingerprint density at radius 2 is 2.00 bits per heavy atom. The van der Waals surface area contributed by atoms with Crippen molar-refractivity contribution in [2.75, 3.05) is 0 Å². The quantitative estimate of drug-likeness (QED) is 0.774. The van der Waals surface area contributed by atoms with Gasteiger partial charge < -0.3 is 5.11 Å². The minimum absolute atomic E-state index is 0.250. The van der Waals surface area contributed by atoms with Gasteiger partial charge in [-0.25, -0.2) is 4.79 Å². The lowest BCUT2D eigenvalue weighted by Crippen LogP contribution is -1.99. The number of carboxylic acids is 1. The van der Waals surface area contributed by atoms with Crippen LogP contribution in [0.15, 0.2) is 23.8 Å². The zero-order chi connectivity index (χ0) is 12.1. The van der Waals surface area contributed by atoms with E-state index in [2.05, 4.69) is 0 Å². The van der Waals surface area contributed by atoms with Crippen LogP contribution in [0.3, 0.4) is 0 Å². The van der Waals surface area contributed by atoms with Gasteiger partial charge in [0.2, 0.25) is 0 Å². The third kappa shape index (κ3) is 2.65. The fourth-order valence-electron chi connectivity index (χ4n) is 1.59. The van der Waals surface area contributed by atoms with E-state index in [1.54, 1.807) is 6.08 Å². The summed E-state index contributed by atoms with van der Waals surface area (Å²) in [6.07, 6.45) is 2.57. The first kappa shape index (κ1) is 11.9. The lowest BCUT2D eigenvalue weighted by Gasteiger charge is -1.98. The van der Waals surface area contributed by atoms with Crippen LogP contribution >= 0.6 is 0 Å². The van der Waals surface area contributed by atoms with Crippen LogP contribution in [0.2, 0.25) is 0 Å². The Balaban J connectivity index is 0.000000386. The van der Waals surface area contributed by atoms with Crippen molar-refractivity contribution in [3.05, 3.63) is 40.5 Å². The van der Waals surface area contributed by atoms with Gasteiger partial charge in [0.1, 0.15) is 0 Å². The fraction of sp³-hybridized carbons (Fsp3) is 0.167. The van der Waals surface area contributed by atoms with Gasteiger partial charge in [0.05, 0.1) is 0 Å². The Morgan fingerprint density at radius 3 is 2.56 bits per heavy atom. The molecule has 1 aliphatic rings. The number of hydrogen-bond acceptors (Lipinski definition) is 3. The van der Waals surface area contributed by atoms with Crippen molar-refractivity contribution in [3.8, 4) is 0 Å². The number of carboxylic acid groups (broad SMARTS) is 1. The second kappa shape index (κ2) is 5.05. The van der Waals surface area contributed by atoms with Crippen molar-refractivity contribution in [2.45, 2.75) is 13.3 Å². The van der Waals surface area contributed by atoms with E-state index in [0.29, 0.717) is 12.0 Å². The molecule has 0 heterocycles. The third-order valence-corrected chi connectivity index (χ3v) is 2.29. The molecule has 0 aliphatic heterocycles. The normalized spacial score (nSPS) is 11.7. The average Bonchev–Trinajstić information content (AvgIpc) is 2.61. The Bertz CT molecular complexity index is 480. The van der Waals surface area contributed by atoms with E-state index in [0.717, 1.165) is 11.1 Å². The molecule has 0 atom stereocenters. The number of carbonyl (C=O) groups is 1. The van der Waals surface area contributed by atoms with Crippen molar-refractivity contribution < 1.29 is 19.5 Å². The first-order valence-corrected chi connectivity index (χ1v) is 4.61. The predicted molar refractivity (Wildman–Crippen MR) is 55.5 cm³/mol. The van der Waals surface area contributed by atoms with E-state index >= 15 is 0 Å². The summed E-state index contributed by atoms with van der Waals surface area (Å²) in [5, 5.41) is 8.79. The van der Waals surface area contributed by atoms with E-state index in [1.807, 2.05) is 25.1 Å². The highest BCUT2D eigenvalue weighted by Crippen LogP contribution is 2.25. The molecule has 4 heteroatoms. The first-order chi connectivity index (χ1) is 7.58. The predicted octanol–water partition coefficient (Wildman–Crippen LogP) is 1.44. The van der Waals surface area contributed by atoms with Crippen LogP contribution in [0, 0.1) is 6.92 Å². The standard InChI is InChI=1S/C11H10O2.CO2/c1-7-2-3-8-5-10(11(12)13)6-9(8)4-7;2-1-3/h2-4,6H,5H2,1H3,(H,12,13);. The molecule has 0 spiro atoms. The minimum atomic E-state index is -0.811. The molecule has 0 saturated heterocycles. The molecule has 4 nitrogen and oxygen atoms in total. The van der Waals surface area contributed by atoms with E-state index in [-0.39, 0.29) is 6.15 Å². The first-order valence-electron chi connectivity index (χ1n) is 4.61. The SMILES string of the molecule is Cc1ccc2c(c1)C=C(C(=O)O)C2.O=C=O. The van der Waals surface area contributed by atoms with E-state index in [4.69, 9.17) is 14.7 Å². The summed E-state index contributed by atoms with van der Waals surface area (Å²) in [5.41, 5.74) is 3.82. The van der Waals surface area contributed by atoms with Crippen molar-refractivity contribution in [1.82, 2.24) is 0 Å². The number of fused-ring (bicyclic) bond motifs is 1. The summed E-state index contributed by atoms with van der Waals surface area (Å²) in [7, 11) is 0. The largest absolute Gasteiger partial charge is 0.478 e. The molecule has 0 bridgehead atoms. The highest BCUT2D eigenvalue weighted by atomic mass is 16.4. The van der Waals surface area contributed by atoms with Crippen molar-refractivity contribution in [3.63, 3.8) is 0 Å². The fourth-order valence-corrected chi connectivity index (χ4v) is 1.59. The summed E-state index contributed by atoms with van der Waals surface area (Å²) in [4.78, 5) is 26.9. The van der Waals surface area contributed by atoms with Gasteiger partial charge in [-0.1, -0.05) is 23.8 Å². The zero-order valence-electron chi connectivity index (χ0n) is 8.69. The maximum absolute atomic E-state index is 10.7. The van der Waals surface area contributed by atoms with Gasteiger partial charge >= 0.3 is 12.1 Å². The molecule has 0 aromatic heterocycles.